The largest absolute Gasteiger partial charge is 0.497 e. The summed E-state index contributed by atoms with van der Waals surface area (Å²) in [6.07, 6.45) is 4.29. The number of thioether (sulfide) groups is 1. The Balaban J connectivity index is 2.58. The number of alkyl carbamates (subject to hydrolysis) is 1. The summed E-state index contributed by atoms with van der Waals surface area (Å²) in [5.41, 5.74) is 2.49. The second-order valence-electron chi connectivity index (χ2n) is 11.1. The van der Waals surface area contributed by atoms with Gasteiger partial charge in [0.15, 0.2) is 0 Å². The van der Waals surface area contributed by atoms with Crippen molar-refractivity contribution in [1.29, 1.82) is 0 Å². The van der Waals surface area contributed by atoms with E-state index in [9.17, 15) is 14.4 Å². The lowest BCUT2D eigenvalue weighted by Crippen LogP contribution is -2.53. The maximum atomic E-state index is 14.4. The fourth-order valence-corrected chi connectivity index (χ4v) is 5.09. The van der Waals surface area contributed by atoms with Crippen molar-refractivity contribution in [3.05, 3.63) is 59.2 Å². The lowest BCUT2D eigenvalue weighted by molar-refractivity contribution is -0.141. The van der Waals surface area contributed by atoms with Crippen LogP contribution in [0.5, 0.6) is 5.75 Å². The zero-order valence-electron chi connectivity index (χ0n) is 25.8. The van der Waals surface area contributed by atoms with Gasteiger partial charge in [-0.3, -0.25) is 9.59 Å². The normalized spacial score (nSPS) is 12.7. The van der Waals surface area contributed by atoms with Gasteiger partial charge in [-0.15, -0.1) is 0 Å². The molecular weight excluding hydrogens is 538 g/mol. The Morgan fingerprint density at radius 3 is 2.17 bits per heavy atom. The fourth-order valence-electron chi connectivity index (χ4n) is 4.61. The van der Waals surface area contributed by atoms with Crippen LogP contribution >= 0.6 is 11.8 Å². The number of hydrogen-bond acceptors (Lipinski definition) is 6. The van der Waals surface area contributed by atoms with Crippen LogP contribution in [0.15, 0.2) is 42.5 Å². The quantitative estimate of drug-likeness (QED) is 0.241. The minimum absolute atomic E-state index is 0.307. The topological polar surface area (TPSA) is 97.0 Å². The van der Waals surface area contributed by atoms with Gasteiger partial charge in [-0.1, -0.05) is 38.0 Å². The summed E-state index contributed by atoms with van der Waals surface area (Å²) in [4.78, 5) is 43.0. The Kier molecular flexibility index (Phi) is 13.5. The smallest absolute Gasteiger partial charge is 0.408 e. The molecule has 0 aliphatic rings. The van der Waals surface area contributed by atoms with Crippen molar-refractivity contribution >= 4 is 35.4 Å². The first-order chi connectivity index (χ1) is 19.4. The summed E-state index contributed by atoms with van der Waals surface area (Å²) in [5, 5.41) is 5.83. The lowest BCUT2D eigenvalue weighted by Gasteiger charge is -2.36. The van der Waals surface area contributed by atoms with Gasteiger partial charge in [0, 0.05) is 12.2 Å². The van der Waals surface area contributed by atoms with Gasteiger partial charge in [0.1, 0.15) is 23.4 Å². The molecule has 8 nitrogen and oxygen atoms in total. The molecule has 226 valence electrons. The number of amides is 3. The van der Waals surface area contributed by atoms with E-state index in [1.54, 1.807) is 68.8 Å². The summed E-state index contributed by atoms with van der Waals surface area (Å²) in [6, 6.07) is 11.2. The van der Waals surface area contributed by atoms with E-state index >= 15 is 0 Å². The maximum absolute atomic E-state index is 14.4. The van der Waals surface area contributed by atoms with Crippen LogP contribution in [0.3, 0.4) is 0 Å². The molecule has 2 aromatic rings. The van der Waals surface area contributed by atoms with E-state index in [4.69, 9.17) is 9.47 Å². The first-order valence-corrected chi connectivity index (χ1v) is 15.6. The fraction of sp³-hybridized carbons (Fsp3) is 0.531. The average Bonchev–Trinajstić information content (AvgIpc) is 2.90. The van der Waals surface area contributed by atoms with Crippen LogP contribution in [-0.4, -0.2) is 60.1 Å². The Hall–Kier alpha value is -3.20. The molecular formula is C32H47N3O5S. The molecule has 0 aromatic heterocycles. The number of unbranched alkanes of at least 4 members (excludes halogenated alkanes) is 2. The highest BCUT2D eigenvalue weighted by molar-refractivity contribution is 7.98. The summed E-state index contributed by atoms with van der Waals surface area (Å²) in [5.74, 6) is 0.702. The van der Waals surface area contributed by atoms with Crippen LogP contribution in [0.1, 0.15) is 76.1 Å². The molecule has 0 spiro atoms. The average molecular weight is 586 g/mol. The Morgan fingerprint density at radius 1 is 1.00 bits per heavy atom. The molecule has 3 amide bonds. The maximum Gasteiger partial charge on any atom is 0.408 e. The van der Waals surface area contributed by atoms with Gasteiger partial charge in [0.05, 0.1) is 7.11 Å². The molecule has 2 unspecified atom stereocenters. The second kappa shape index (κ2) is 16.3. The van der Waals surface area contributed by atoms with E-state index < -0.39 is 23.8 Å². The van der Waals surface area contributed by atoms with E-state index in [0.717, 1.165) is 36.0 Å². The molecule has 0 aliphatic carbocycles. The van der Waals surface area contributed by atoms with Crippen LogP contribution < -0.4 is 15.4 Å². The van der Waals surface area contributed by atoms with E-state index in [0.29, 0.717) is 30.2 Å². The number of carbonyl (C=O) groups is 3. The van der Waals surface area contributed by atoms with Crippen molar-refractivity contribution in [2.45, 2.75) is 84.9 Å². The van der Waals surface area contributed by atoms with Crippen molar-refractivity contribution < 1.29 is 23.9 Å². The highest BCUT2D eigenvalue weighted by Crippen LogP contribution is 2.31. The molecule has 2 rings (SSSR count). The minimum Gasteiger partial charge on any atom is -0.497 e. The first-order valence-electron chi connectivity index (χ1n) is 14.2. The van der Waals surface area contributed by atoms with Crippen molar-refractivity contribution in [3.63, 3.8) is 0 Å². The second-order valence-corrected chi connectivity index (χ2v) is 12.1. The molecule has 2 aromatic carbocycles. The summed E-state index contributed by atoms with van der Waals surface area (Å²) in [6.45, 7) is 11.7. The van der Waals surface area contributed by atoms with E-state index in [2.05, 4.69) is 17.6 Å². The molecule has 0 bridgehead atoms. The Morgan fingerprint density at radius 2 is 1.63 bits per heavy atom. The molecule has 0 saturated carbocycles. The molecule has 2 N–H and O–H groups in total. The van der Waals surface area contributed by atoms with Crippen molar-refractivity contribution in [1.82, 2.24) is 10.2 Å². The van der Waals surface area contributed by atoms with Gasteiger partial charge in [0.25, 0.3) is 5.91 Å². The molecule has 0 aliphatic heterocycles. The number of nitrogens with one attached hydrogen (secondary N) is 2. The van der Waals surface area contributed by atoms with E-state index in [1.807, 2.05) is 38.3 Å². The van der Waals surface area contributed by atoms with Gasteiger partial charge in [0.2, 0.25) is 5.91 Å². The zero-order valence-corrected chi connectivity index (χ0v) is 26.7. The van der Waals surface area contributed by atoms with Gasteiger partial charge >= 0.3 is 6.09 Å². The predicted molar refractivity (Wildman–Crippen MR) is 168 cm³/mol. The molecule has 9 heteroatoms. The first kappa shape index (κ1) is 34.0. The number of methoxy groups -OCH3 is 1. The molecule has 0 radical (unpaired) electrons. The number of hydrogen-bond donors (Lipinski definition) is 2. The summed E-state index contributed by atoms with van der Waals surface area (Å²) < 4.78 is 10.7. The number of anilines is 1. The third-order valence-electron chi connectivity index (χ3n) is 6.62. The predicted octanol–water partition coefficient (Wildman–Crippen LogP) is 6.66. The number of rotatable bonds is 14. The lowest BCUT2D eigenvalue weighted by atomic mass is 9.93. The van der Waals surface area contributed by atoms with Gasteiger partial charge < -0.3 is 25.0 Å². The van der Waals surface area contributed by atoms with Crippen LogP contribution in [0.4, 0.5) is 10.5 Å². The van der Waals surface area contributed by atoms with Gasteiger partial charge in [-0.25, -0.2) is 4.79 Å². The minimum atomic E-state index is -0.903. The standard InChI is InChI=1S/C32H47N3O5S/c1-9-10-11-20-35(30(37)26(19-21-41-8)34-31(38)40-32(4,5)6)28(27-22(2)13-12-14-23(27)3)29(36)33-24-15-17-25(39-7)18-16-24/h12-18,26,28H,9-11,19-21H2,1-8H3,(H,33,36)(H,34,38). The number of ether oxygens (including phenoxy) is 2. The summed E-state index contributed by atoms with van der Waals surface area (Å²) in [7, 11) is 1.59. The number of benzene rings is 2. The SMILES string of the molecule is CCCCCN(C(=O)C(CCSC)NC(=O)OC(C)(C)C)C(C(=O)Nc1ccc(OC)cc1)c1c(C)cccc1C. The number of carbonyl (C=O) groups excluding carboxylic acids is 3. The Labute approximate surface area is 249 Å². The number of nitrogens with zero attached hydrogens (tertiary/aromatic N) is 1. The van der Waals surface area contributed by atoms with Crippen molar-refractivity contribution in [3.8, 4) is 5.75 Å². The third-order valence-corrected chi connectivity index (χ3v) is 7.26. The molecule has 0 heterocycles. The van der Waals surface area contributed by atoms with E-state index in [-0.39, 0.29) is 11.8 Å². The number of aryl methyl sites for hydroxylation is 2. The molecule has 2 atom stereocenters. The van der Waals surface area contributed by atoms with Crippen molar-refractivity contribution in [2.75, 3.05) is 31.0 Å². The Bertz CT molecular complexity index is 1130. The summed E-state index contributed by atoms with van der Waals surface area (Å²) >= 11 is 1.59. The highest BCUT2D eigenvalue weighted by Gasteiger charge is 2.37. The van der Waals surface area contributed by atoms with Gasteiger partial charge in [-0.05, 0) is 100 Å². The van der Waals surface area contributed by atoms with Gasteiger partial charge in [-0.2, -0.15) is 11.8 Å². The molecule has 0 fully saturated rings. The monoisotopic (exact) mass is 585 g/mol. The molecule has 0 saturated heterocycles. The van der Waals surface area contributed by atoms with E-state index in [1.165, 1.54) is 0 Å². The van der Waals surface area contributed by atoms with Crippen LogP contribution in [0, 0.1) is 13.8 Å². The third kappa shape index (κ3) is 10.6. The highest BCUT2D eigenvalue weighted by atomic mass is 32.2. The zero-order chi connectivity index (χ0) is 30.6. The van der Waals surface area contributed by atoms with Crippen LogP contribution in [-0.2, 0) is 14.3 Å². The van der Waals surface area contributed by atoms with Crippen molar-refractivity contribution in [2.24, 2.45) is 0 Å². The van der Waals surface area contributed by atoms with Crippen LogP contribution in [0.2, 0.25) is 0 Å². The van der Waals surface area contributed by atoms with Crippen LogP contribution in [0.25, 0.3) is 0 Å². The molecule has 41 heavy (non-hydrogen) atoms.